The fourth-order valence-electron chi connectivity index (χ4n) is 3.02. The van der Waals surface area contributed by atoms with E-state index in [-0.39, 0.29) is 17.9 Å². The number of piperazine rings is 1. The number of hydrogen-bond donors (Lipinski definition) is 1. The highest BCUT2D eigenvalue weighted by Crippen LogP contribution is 2.22. The van der Waals surface area contributed by atoms with Crippen LogP contribution in [0.2, 0.25) is 0 Å². The first-order valence-electron chi connectivity index (χ1n) is 8.05. The molecule has 0 spiro atoms. The molecule has 0 bridgehead atoms. The highest BCUT2D eigenvalue weighted by molar-refractivity contribution is 5.82. The zero-order valence-electron chi connectivity index (χ0n) is 12.7. The van der Waals surface area contributed by atoms with E-state index >= 15 is 0 Å². The van der Waals surface area contributed by atoms with Crippen molar-refractivity contribution in [3.63, 3.8) is 0 Å². The largest absolute Gasteiger partial charge is 0.368 e. The van der Waals surface area contributed by atoms with Gasteiger partial charge in [-0.1, -0.05) is 6.92 Å². The first-order chi connectivity index (χ1) is 10.1. The molecule has 2 saturated heterocycles. The van der Waals surface area contributed by atoms with Crippen molar-refractivity contribution in [2.75, 3.05) is 39.3 Å². The molecule has 0 aromatic rings. The van der Waals surface area contributed by atoms with Crippen LogP contribution in [-0.2, 0) is 14.3 Å². The second-order valence-electron chi connectivity index (χ2n) is 6.50. The molecule has 0 unspecified atom stereocenters. The third-order valence-corrected chi connectivity index (χ3v) is 4.62. The Morgan fingerprint density at radius 2 is 1.86 bits per heavy atom. The van der Waals surface area contributed by atoms with Crippen molar-refractivity contribution < 1.29 is 14.3 Å². The van der Waals surface area contributed by atoms with E-state index in [0.717, 1.165) is 32.4 Å². The summed E-state index contributed by atoms with van der Waals surface area (Å²) in [6.45, 7) is 6.15. The first-order valence-corrected chi connectivity index (χ1v) is 8.05. The molecular weight excluding hydrogens is 270 g/mol. The van der Waals surface area contributed by atoms with E-state index in [1.807, 2.05) is 4.90 Å². The van der Waals surface area contributed by atoms with Crippen LogP contribution in [0.15, 0.2) is 0 Å². The maximum absolute atomic E-state index is 12.4. The van der Waals surface area contributed by atoms with E-state index in [0.29, 0.717) is 38.2 Å². The molecule has 118 valence electrons. The zero-order chi connectivity index (χ0) is 14.8. The number of carbonyl (C=O) groups is 2. The lowest BCUT2D eigenvalue weighted by atomic mass is 10.0. The molecule has 1 N–H and O–H groups in total. The van der Waals surface area contributed by atoms with E-state index in [1.165, 1.54) is 0 Å². The number of hydrogen-bond acceptors (Lipinski definition) is 4. The lowest BCUT2D eigenvalue weighted by Crippen LogP contribution is -2.53. The van der Waals surface area contributed by atoms with Gasteiger partial charge in [-0.25, -0.2) is 0 Å². The van der Waals surface area contributed by atoms with Gasteiger partial charge in [-0.2, -0.15) is 0 Å². The average Bonchev–Trinajstić information content (AvgIpc) is 3.17. The Morgan fingerprint density at radius 3 is 2.43 bits per heavy atom. The highest BCUT2D eigenvalue weighted by atomic mass is 16.5. The van der Waals surface area contributed by atoms with Crippen LogP contribution >= 0.6 is 0 Å². The highest BCUT2D eigenvalue weighted by Gasteiger charge is 2.35. The standard InChI is InChI=1S/C15H25N3O3/c1-11-4-9-21-14(11)15(20)18-7-5-17(6-8-18)10-13(19)16-12-2-3-12/h11-12,14H,2-10H2,1H3,(H,16,19)/t11-,14-/m0/s1. The van der Waals surface area contributed by atoms with Crippen molar-refractivity contribution in [2.45, 2.75) is 38.3 Å². The topological polar surface area (TPSA) is 61.9 Å². The summed E-state index contributed by atoms with van der Waals surface area (Å²) in [4.78, 5) is 28.2. The van der Waals surface area contributed by atoms with Crippen molar-refractivity contribution >= 4 is 11.8 Å². The maximum atomic E-state index is 12.4. The summed E-state index contributed by atoms with van der Waals surface area (Å²) in [7, 11) is 0. The minimum Gasteiger partial charge on any atom is -0.368 e. The fraction of sp³-hybridized carbons (Fsp3) is 0.867. The lowest BCUT2D eigenvalue weighted by molar-refractivity contribution is -0.144. The van der Waals surface area contributed by atoms with Gasteiger partial charge < -0.3 is 15.0 Å². The van der Waals surface area contributed by atoms with Crippen molar-refractivity contribution in [3.05, 3.63) is 0 Å². The molecule has 0 aromatic carbocycles. The van der Waals surface area contributed by atoms with Crippen molar-refractivity contribution in [3.8, 4) is 0 Å². The molecule has 1 saturated carbocycles. The second kappa shape index (κ2) is 6.32. The minimum absolute atomic E-state index is 0.116. The molecule has 2 amide bonds. The molecule has 0 aromatic heterocycles. The summed E-state index contributed by atoms with van der Waals surface area (Å²) in [5.41, 5.74) is 0. The van der Waals surface area contributed by atoms with Crippen LogP contribution in [0.25, 0.3) is 0 Å². The van der Waals surface area contributed by atoms with E-state index < -0.39 is 0 Å². The van der Waals surface area contributed by atoms with Gasteiger partial charge in [-0.15, -0.1) is 0 Å². The second-order valence-corrected chi connectivity index (χ2v) is 6.50. The molecule has 2 atom stereocenters. The van der Waals surface area contributed by atoms with Gasteiger partial charge >= 0.3 is 0 Å². The van der Waals surface area contributed by atoms with Crippen LogP contribution in [0.4, 0.5) is 0 Å². The van der Waals surface area contributed by atoms with Gasteiger partial charge in [-0.3, -0.25) is 14.5 Å². The Morgan fingerprint density at radius 1 is 1.14 bits per heavy atom. The van der Waals surface area contributed by atoms with Gasteiger partial charge in [0.25, 0.3) is 5.91 Å². The molecule has 0 radical (unpaired) electrons. The summed E-state index contributed by atoms with van der Waals surface area (Å²) < 4.78 is 5.55. The molecular formula is C15H25N3O3. The Balaban J connectivity index is 1.41. The Labute approximate surface area is 125 Å². The van der Waals surface area contributed by atoms with Gasteiger partial charge in [0.1, 0.15) is 6.10 Å². The van der Waals surface area contributed by atoms with E-state index in [1.54, 1.807) is 0 Å². The minimum atomic E-state index is -0.255. The lowest BCUT2D eigenvalue weighted by Gasteiger charge is -2.35. The van der Waals surface area contributed by atoms with E-state index in [9.17, 15) is 9.59 Å². The maximum Gasteiger partial charge on any atom is 0.252 e. The summed E-state index contributed by atoms with van der Waals surface area (Å²) in [6.07, 6.45) is 2.95. The number of nitrogens with zero attached hydrogens (tertiary/aromatic N) is 2. The normalized spacial score (nSPS) is 30.4. The van der Waals surface area contributed by atoms with Crippen LogP contribution in [0, 0.1) is 5.92 Å². The van der Waals surface area contributed by atoms with Crippen molar-refractivity contribution in [1.82, 2.24) is 15.1 Å². The Bertz CT molecular complexity index is 403. The molecule has 3 fully saturated rings. The average molecular weight is 295 g/mol. The third kappa shape index (κ3) is 3.74. The summed E-state index contributed by atoms with van der Waals surface area (Å²) in [5.74, 6) is 0.562. The Hall–Kier alpha value is -1.14. The van der Waals surface area contributed by atoms with Crippen LogP contribution in [0.1, 0.15) is 26.2 Å². The number of nitrogens with one attached hydrogen (secondary N) is 1. The van der Waals surface area contributed by atoms with E-state index in [4.69, 9.17) is 4.74 Å². The number of amides is 2. The molecule has 6 nitrogen and oxygen atoms in total. The van der Waals surface area contributed by atoms with Crippen LogP contribution in [0.3, 0.4) is 0 Å². The van der Waals surface area contributed by atoms with Crippen LogP contribution < -0.4 is 5.32 Å². The molecule has 21 heavy (non-hydrogen) atoms. The monoisotopic (exact) mass is 295 g/mol. The van der Waals surface area contributed by atoms with Crippen LogP contribution in [-0.4, -0.2) is 73.1 Å². The summed E-state index contributed by atoms with van der Waals surface area (Å²) >= 11 is 0. The molecule has 6 heteroatoms. The quantitative estimate of drug-likeness (QED) is 0.782. The molecule has 3 aliphatic rings. The number of rotatable bonds is 4. The van der Waals surface area contributed by atoms with Gasteiger partial charge in [0.2, 0.25) is 5.91 Å². The predicted molar refractivity (Wildman–Crippen MR) is 77.7 cm³/mol. The third-order valence-electron chi connectivity index (χ3n) is 4.62. The number of carbonyl (C=O) groups excluding carboxylic acids is 2. The van der Waals surface area contributed by atoms with Gasteiger partial charge in [0.05, 0.1) is 6.54 Å². The summed E-state index contributed by atoms with van der Waals surface area (Å²) in [6, 6.07) is 0.418. The van der Waals surface area contributed by atoms with Gasteiger partial charge in [0.15, 0.2) is 0 Å². The SMILES string of the molecule is C[C@H]1CCO[C@@H]1C(=O)N1CCN(CC(=O)NC2CC2)CC1. The number of ether oxygens (including phenoxy) is 1. The predicted octanol–water partition coefficient (Wildman–Crippen LogP) is -0.166. The molecule has 3 rings (SSSR count). The smallest absolute Gasteiger partial charge is 0.252 e. The molecule has 1 aliphatic carbocycles. The molecule has 2 aliphatic heterocycles. The van der Waals surface area contributed by atoms with Gasteiger partial charge in [-0.05, 0) is 25.2 Å². The first kappa shape index (κ1) is 14.8. The molecule has 2 heterocycles. The summed E-state index contributed by atoms with van der Waals surface area (Å²) in [5, 5.41) is 3.00. The van der Waals surface area contributed by atoms with Gasteiger partial charge in [0, 0.05) is 38.8 Å². The van der Waals surface area contributed by atoms with Crippen molar-refractivity contribution in [1.29, 1.82) is 0 Å². The van der Waals surface area contributed by atoms with Crippen molar-refractivity contribution in [2.24, 2.45) is 5.92 Å². The Kier molecular flexibility index (Phi) is 4.45. The van der Waals surface area contributed by atoms with E-state index in [2.05, 4.69) is 17.1 Å². The van der Waals surface area contributed by atoms with Crippen LogP contribution in [0.5, 0.6) is 0 Å². The zero-order valence-corrected chi connectivity index (χ0v) is 12.7. The fourth-order valence-corrected chi connectivity index (χ4v) is 3.02.